The fourth-order valence-electron chi connectivity index (χ4n) is 2.14. The maximum absolute atomic E-state index is 10.1. The van der Waals surface area contributed by atoms with Gasteiger partial charge in [0.25, 0.3) is 0 Å². The first-order valence-electron chi connectivity index (χ1n) is 6.94. The molecular weight excluding hydrogens is 348 g/mol. The minimum atomic E-state index is -0.00180. The normalized spacial score (nSPS) is 11.1. The Morgan fingerprint density at radius 3 is 2.83 bits per heavy atom. The van der Waals surface area contributed by atoms with Gasteiger partial charge in [-0.05, 0) is 36.5 Å². The molecule has 0 atom stereocenters. The van der Waals surface area contributed by atoms with Crippen molar-refractivity contribution in [3.05, 3.63) is 57.8 Å². The minimum absolute atomic E-state index is 0.00180. The Labute approximate surface area is 148 Å². The number of ether oxygens (including phenoxy) is 1. The zero-order valence-electron chi connectivity index (χ0n) is 12.6. The first kappa shape index (κ1) is 16.2. The van der Waals surface area contributed by atoms with Gasteiger partial charge >= 0.3 is 0 Å². The molecule has 2 N–H and O–H groups in total. The zero-order chi connectivity index (χ0) is 17.1. The number of aromatic amines is 1. The molecule has 0 saturated heterocycles. The molecule has 0 aliphatic rings. The average molecular weight is 361 g/mol. The van der Waals surface area contributed by atoms with Gasteiger partial charge in [-0.3, -0.25) is 0 Å². The second kappa shape index (κ2) is 6.86. The van der Waals surface area contributed by atoms with E-state index < -0.39 is 0 Å². The van der Waals surface area contributed by atoms with Crippen molar-refractivity contribution in [3.8, 4) is 22.9 Å². The third kappa shape index (κ3) is 3.04. The molecule has 0 unspecified atom stereocenters. The van der Waals surface area contributed by atoms with Gasteiger partial charge in [0, 0.05) is 11.1 Å². The molecule has 6 nitrogen and oxygen atoms in total. The number of phenols is 1. The highest BCUT2D eigenvalue weighted by Crippen LogP contribution is 2.29. The summed E-state index contributed by atoms with van der Waals surface area (Å²) >= 11 is 11.4. The molecule has 0 aliphatic carbocycles. The maximum Gasteiger partial charge on any atom is 0.216 e. The van der Waals surface area contributed by atoms with E-state index in [4.69, 9.17) is 28.6 Å². The Morgan fingerprint density at radius 2 is 2.08 bits per heavy atom. The number of nitrogens with one attached hydrogen (secondary N) is 1. The number of hydrogen-bond acceptors (Lipinski definition) is 5. The Hall–Kier alpha value is -2.64. The summed E-state index contributed by atoms with van der Waals surface area (Å²) < 4.78 is 6.83. The monoisotopic (exact) mass is 360 g/mol. The van der Waals surface area contributed by atoms with Crippen LogP contribution in [0.1, 0.15) is 5.56 Å². The van der Waals surface area contributed by atoms with Crippen molar-refractivity contribution >= 4 is 30.0 Å². The molecule has 0 bridgehead atoms. The summed E-state index contributed by atoms with van der Waals surface area (Å²) in [5, 5.41) is 21.8. The molecule has 2 aromatic carbocycles. The number of aromatic hydroxyl groups is 1. The fraction of sp³-hybridized carbons (Fsp3) is 0.0625. The van der Waals surface area contributed by atoms with E-state index in [-0.39, 0.29) is 5.75 Å². The van der Waals surface area contributed by atoms with Crippen LogP contribution in [0.3, 0.4) is 0 Å². The van der Waals surface area contributed by atoms with Crippen molar-refractivity contribution in [3.63, 3.8) is 0 Å². The number of phenolic OH excluding ortho intramolecular Hbond substituents is 1. The molecule has 0 fully saturated rings. The van der Waals surface area contributed by atoms with Crippen molar-refractivity contribution in [2.45, 2.75) is 0 Å². The summed E-state index contributed by atoms with van der Waals surface area (Å²) in [6.45, 7) is 0. The van der Waals surface area contributed by atoms with Gasteiger partial charge in [-0.15, -0.1) is 0 Å². The number of hydrogen-bond donors (Lipinski definition) is 2. The van der Waals surface area contributed by atoms with E-state index in [1.165, 1.54) is 18.0 Å². The lowest BCUT2D eigenvalue weighted by Crippen LogP contribution is -1.96. The predicted molar refractivity (Wildman–Crippen MR) is 95.5 cm³/mol. The predicted octanol–water partition coefficient (Wildman–Crippen LogP) is 3.86. The lowest BCUT2D eigenvalue weighted by atomic mass is 10.2. The largest absolute Gasteiger partial charge is 0.504 e. The molecule has 3 aromatic rings. The van der Waals surface area contributed by atoms with E-state index in [0.29, 0.717) is 32.5 Å². The van der Waals surface area contributed by atoms with E-state index in [1.807, 2.05) is 18.2 Å². The SMILES string of the molecule is COc1cccc(C=Nn2c(-c3ccccc3Cl)n[nH]c2=S)c1O. The van der Waals surface area contributed by atoms with Crippen LogP contribution in [0, 0.1) is 4.77 Å². The Kier molecular flexibility index (Phi) is 4.64. The van der Waals surface area contributed by atoms with Crippen LogP contribution in [-0.4, -0.2) is 33.3 Å². The second-order valence-electron chi connectivity index (χ2n) is 4.79. The Morgan fingerprint density at radius 1 is 1.29 bits per heavy atom. The van der Waals surface area contributed by atoms with E-state index in [0.717, 1.165) is 0 Å². The van der Waals surface area contributed by atoms with Crippen LogP contribution in [-0.2, 0) is 0 Å². The van der Waals surface area contributed by atoms with Crippen LogP contribution in [0.4, 0.5) is 0 Å². The number of benzene rings is 2. The highest BCUT2D eigenvalue weighted by atomic mass is 35.5. The second-order valence-corrected chi connectivity index (χ2v) is 5.58. The molecule has 0 saturated carbocycles. The van der Waals surface area contributed by atoms with Crippen molar-refractivity contribution in [1.82, 2.24) is 14.9 Å². The Bertz CT molecular complexity index is 965. The smallest absolute Gasteiger partial charge is 0.216 e. The lowest BCUT2D eigenvalue weighted by Gasteiger charge is -2.05. The van der Waals surface area contributed by atoms with Crippen LogP contribution in [0.2, 0.25) is 5.02 Å². The molecule has 122 valence electrons. The van der Waals surface area contributed by atoms with E-state index >= 15 is 0 Å². The number of halogens is 1. The number of nitrogens with zero attached hydrogens (tertiary/aromatic N) is 3. The molecule has 24 heavy (non-hydrogen) atoms. The minimum Gasteiger partial charge on any atom is -0.504 e. The van der Waals surface area contributed by atoms with Crippen molar-refractivity contribution in [2.24, 2.45) is 5.10 Å². The standard InChI is InChI=1S/C16H13ClN4O2S/c1-23-13-8-4-5-10(14(13)22)9-18-21-15(19-20-16(21)24)11-6-2-3-7-12(11)17/h2-9,22H,1H3,(H,20,24). The fourth-order valence-corrected chi connectivity index (χ4v) is 2.54. The molecule has 0 spiro atoms. The van der Waals surface area contributed by atoms with Crippen molar-refractivity contribution < 1.29 is 9.84 Å². The maximum atomic E-state index is 10.1. The highest BCUT2D eigenvalue weighted by Gasteiger charge is 2.11. The first-order valence-corrected chi connectivity index (χ1v) is 7.73. The summed E-state index contributed by atoms with van der Waals surface area (Å²) in [5.41, 5.74) is 1.18. The molecule has 1 aromatic heterocycles. The Balaban J connectivity index is 2.05. The summed E-state index contributed by atoms with van der Waals surface area (Å²) in [4.78, 5) is 0. The van der Waals surface area contributed by atoms with E-state index in [2.05, 4.69) is 15.3 Å². The molecule has 3 rings (SSSR count). The zero-order valence-corrected chi connectivity index (χ0v) is 14.2. The van der Waals surface area contributed by atoms with Crippen LogP contribution < -0.4 is 4.74 Å². The highest BCUT2D eigenvalue weighted by molar-refractivity contribution is 7.71. The summed E-state index contributed by atoms with van der Waals surface area (Å²) in [6.07, 6.45) is 1.48. The quantitative estimate of drug-likeness (QED) is 0.547. The number of methoxy groups -OCH3 is 1. The average Bonchev–Trinajstić information content (AvgIpc) is 2.95. The number of rotatable bonds is 4. The van der Waals surface area contributed by atoms with Gasteiger partial charge in [0.2, 0.25) is 4.77 Å². The topological polar surface area (TPSA) is 75.4 Å². The van der Waals surface area contributed by atoms with Crippen LogP contribution in [0.25, 0.3) is 11.4 Å². The van der Waals surface area contributed by atoms with E-state index in [1.54, 1.807) is 24.3 Å². The third-order valence-electron chi connectivity index (χ3n) is 3.33. The van der Waals surface area contributed by atoms with Gasteiger partial charge in [-0.1, -0.05) is 29.8 Å². The number of para-hydroxylation sites is 1. The van der Waals surface area contributed by atoms with Crippen molar-refractivity contribution in [1.29, 1.82) is 0 Å². The van der Waals surface area contributed by atoms with Gasteiger partial charge in [-0.25, -0.2) is 5.10 Å². The van der Waals surface area contributed by atoms with Crippen LogP contribution in [0.5, 0.6) is 11.5 Å². The van der Waals surface area contributed by atoms with E-state index in [9.17, 15) is 5.11 Å². The molecule has 0 amide bonds. The van der Waals surface area contributed by atoms with Gasteiger partial charge in [0.1, 0.15) is 0 Å². The third-order valence-corrected chi connectivity index (χ3v) is 3.92. The lowest BCUT2D eigenvalue weighted by molar-refractivity contribution is 0.373. The van der Waals surface area contributed by atoms with Crippen LogP contribution in [0.15, 0.2) is 47.6 Å². The van der Waals surface area contributed by atoms with Crippen molar-refractivity contribution in [2.75, 3.05) is 7.11 Å². The number of H-pyrrole nitrogens is 1. The van der Waals surface area contributed by atoms with Crippen LogP contribution >= 0.6 is 23.8 Å². The van der Waals surface area contributed by atoms with Gasteiger partial charge < -0.3 is 9.84 Å². The summed E-state index contributed by atoms with van der Waals surface area (Å²) in [5.74, 6) is 0.836. The molecular formula is C16H13ClN4O2S. The van der Waals surface area contributed by atoms with Gasteiger partial charge in [-0.2, -0.15) is 14.9 Å². The van der Waals surface area contributed by atoms with Gasteiger partial charge in [0.05, 0.1) is 18.3 Å². The molecule has 8 heteroatoms. The summed E-state index contributed by atoms with van der Waals surface area (Å²) in [7, 11) is 1.48. The molecule has 0 aliphatic heterocycles. The number of aromatic nitrogens is 3. The first-order chi connectivity index (χ1) is 11.6. The molecule has 1 heterocycles. The van der Waals surface area contributed by atoms with Gasteiger partial charge in [0.15, 0.2) is 17.3 Å². The summed E-state index contributed by atoms with van der Waals surface area (Å²) in [6, 6.07) is 12.4. The molecule has 0 radical (unpaired) electrons.